The van der Waals surface area contributed by atoms with Crippen molar-refractivity contribution in [2.75, 3.05) is 12.9 Å². The molecular weight excluding hydrogens is 399 g/mol. The number of benzene rings is 2. The van der Waals surface area contributed by atoms with Crippen LogP contribution in [0.5, 0.6) is 5.75 Å². The number of rotatable bonds is 8. The third-order valence-electron chi connectivity index (χ3n) is 6.45. The molecule has 30 heavy (non-hydrogen) atoms. The van der Waals surface area contributed by atoms with Crippen LogP contribution in [-0.4, -0.2) is 28.3 Å². The fourth-order valence-electron chi connectivity index (χ4n) is 4.71. The Morgan fingerprint density at radius 1 is 1.10 bits per heavy atom. The smallest absolute Gasteiger partial charge is 0.123 e. The summed E-state index contributed by atoms with van der Waals surface area (Å²) in [4.78, 5) is 0.645. The van der Waals surface area contributed by atoms with Crippen molar-refractivity contribution in [3.63, 3.8) is 0 Å². The van der Waals surface area contributed by atoms with Crippen LogP contribution in [0.25, 0.3) is 0 Å². The van der Waals surface area contributed by atoms with Crippen molar-refractivity contribution in [1.82, 2.24) is 0 Å². The van der Waals surface area contributed by atoms with Crippen LogP contribution in [0.1, 0.15) is 69.4 Å². The molecule has 0 fully saturated rings. The van der Waals surface area contributed by atoms with Crippen LogP contribution in [0, 0.1) is 11.2 Å². The summed E-state index contributed by atoms with van der Waals surface area (Å²) in [6.45, 7) is 4.28. The second kappa shape index (κ2) is 10.1. The average Bonchev–Trinajstić information content (AvgIpc) is 2.84. The molecule has 164 valence electrons. The van der Waals surface area contributed by atoms with E-state index < -0.39 is 28.2 Å². The van der Waals surface area contributed by atoms with E-state index in [1.807, 2.05) is 24.3 Å². The van der Waals surface area contributed by atoms with Crippen molar-refractivity contribution < 1.29 is 18.4 Å². The number of unbranched alkanes of at least 4 members (excludes halogenated alkanes) is 2. The van der Waals surface area contributed by atoms with E-state index in [9.17, 15) is 13.7 Å². The maximum absolute atomic E-state index is 14.3. The van der Waals surface area contributed by atoms with Gasteiger partial charge in [-0.05, 0) is 54.3 Å². The SMILES string of the molecule is CCCCC1(CCCC)CS(=O)c2ccc(F)cc2[C@@H](c2ccc(OC)cc2)[C@H]1O. The Morgan fingerprint density at radius 2 is 1.73 bits per heavy atom. The number of hydrogen-bond acceptors (Lipinski definition) is 3. The van der Waals surface area contributed by atoms with Gasteiger partial charge in [0.1, 0.15) is 11.6 Å². The molecule has 2 aromatic carbocycles. The van der Waals surface area contributed by atoms with E-state index in [1.54, 1.807) is 13.2 Å². The van der Waals surface area contributed by atoms with Crippen molar-refractivity contribution in [3.8, 4) is 5.75 Å². The number of aliphatic hydroxyl groups excluding tert-OH is 1. The first-order valence-corrected chi connectivity index (χ1v) is 12.3. The molecular formula is C25H33FO3S. The van der Waals surface area contributed by atoms with Crippen LogP contribution in [0.3, 0.4) is 0 Å². The second-order valence-corrected chi connectivity index (χ2v) is 9.86. The Bertz CT molecular complexity index is 857. The van der Waals surface area contributed by atoms with Crippen molar-refractivity contribution in [1.29, 1.82) is 0 Å². The summed E-state index contributed by atoms with van der Waals surface area (Å²) in [6, 6.07) is 12.1. The zero-order valence-electron chi connectivity index (χ0n) is 18.2. The van der Waals surface area contributed by atoms with Crippen LogP contribution in [0.2, 0.25) is 0 Å². The molecule has 0 bridgehead atoms. The average molecular weight is 433 g/mol. The topological polar surface area (TPSA) is 46.5 Å². The van der Waals surface area contributed by atoms with Gasteiger partial charge in [-0.3, -0.25) is 4.21 Å². The first-order chi connectivity index (χ1) is 14.5. The quantitative estimate of drug-likeness (QED) is 0.572. The van der Waals surface area contributed by atoms with Gasteiger partial charge in [0, 0.05) is 22.0 Å². The molecule has 0 aliphatic carbocycles. The van der Waals surface area contributed by atoms with Gasteiger partial charge >= 0.3 is 0 Å². The highest BCUT2D eigenvalue weighted by molar-refractivity contribution is 7.85. The summed E-state index contributed by atoms with van der Waals surface area (Å²) in [5.41, 5.74) is 1.07. The molecule has 1 N–H and O–H groups in total. The fourth-order valence-corrected chi connectivity index (χ4v) is 6.52. The number of halogens is 1. The first-order valence-electron chi connectivity index (χ1n) is 11.0. The van der Waals surface area contributed by atoms with Crippen LogP contribution in [0.4, 0.5) is 4.39 Å². The van der Waals surface area contributed by atoms with Gasteiger partial charge in [0.05, 0.1) is 24.0 Å². The molecule has 0 saturated carbocycles. The van der Waals surface area contributed by atoms with Gasteiger partial charge in [0.25, 0.3) is 0 Å². The van der Waals surface area contributed by atoms with E-state index in [1.165, 1.54) is 12.1 Å². The number of methoxy groups -OCH3 is 1. The molecule has 1 unspecified atom stereocenters. The van der Waals surface area contributed by atoms with Crippen LogP contribution >= 0.6 is 0 Å². The lowest BCUT2D eigenvalue weighted by atomic mass is 9.68. The maximum Gasteiger partial charge on any atom is 0.123 e. The van der Waals surface area contributed by atoms with E-state index in [0.717, 1.165) is 49.8 Å². The maximum atomic E-state index is 14.3. The van der Waals surface area contributed by atoms with Gasteiger partial charge in [0.15, 0.2) is 0 Å². The number of aliphatic hydroxyl groups is 1. The molecule has 0 spiro atoms. The minimum Gasteiger partial charge on any atom is -0.497 e. The number of hydrogen-bond donors (Lipinski definition) is 1. The molecule has 3 nitrogen and oxygen atoms in total. The van der Waals surface area contributed by atoms with Crippen molar-refractivity contribution >= 4 is 10.8 Å². The van der Waals surface area contributed by atoms with Crippen molar-refractivity contribution in [2.24, 2.45) is 5.41 Å². The molecule has 3 atom stereocenters. The summed E-state index contributed by atoms with van der Waals surface area (Å²) >= 11 is 0. The molecule has 1 aliphatic rings. The number of ether oxygens (including phenoxy) is 1. The molecule has 0 aromatic heterocycles. The lowest BCUT2D eigenvalue weighted by Gasteiger charge is -2.40. The predicted molar refractivity (Wildman–Crippen MR) is 120 cm³/mol. The Hall–Kier alpha value is -1.72. The summed E-state index contributed by atoms with van der Waals surface area (Å²) in [5.74, 6) is 0.348. The van der Waals surface area contributed by atoms with Crippen molar-refractivity contribution in [2.45, 2.75) is 69.3 Å². The lowest BCUT2D eigenvalue weighted by Crippen LogP contribution is -2.42. The molecule has 5 heteroatoms. The largest absolute Gasteiger partial charge is 0.497 e. The van der Waals surface area contributed by atoms with Gasteiger partial charge in [-0.15, -0.1) is 0 Å². The van der Waals surface area contributed by atoms with E-state index in [0.29, 0.717) is 16.2 Å². The molecule has 1 heterocycles. The summed E-state index contributed by atoms with van der Waals surface area (Å²) in [6.07, 6.45) is 4.87. The summed E-state index contributed by atoms with van der Waals surface area (Å²) < 4.78 is 33.0. The van der Waals surface area contributed by atoms with E-state index in [2.05, 4.69) is 13.8 Å². The van der Waals surface area contributed by atoms with Crippen LogP contribution < -0.4 is 4.74 Å². The van der Waals surface area contributed by atoms with Crippen LogP contribution in [0.15, 0.2) is 47.4 Å². The summed E-state index contributed by atoms with van der Waals surface area (Å²) in [5, 5.41) is 11.9. The van der Waals surface area contributed by atoms with Gasteiger partial charge in [0.2, 0.25) is 0 Å². The molecule has 1 aliphatic heterocycles. The first kappa shape index (κ1) is 23.0. The molecule has 0 radical (unpaired) electrons. The third kappa shape index (κ3) is 4.62. The zero-order valence-corrected chi connectivity index (χ0v) is 19.0. The lowest BCUT2D eigenvalue weighted by molar-refractivity contribution is 0.0130. The molecule has 0 amide bonds. The van der Waals surface area contributed by atoms with E-state index >= 15 is 0 Å². The van der Waals surface area contributed by atoms with Crippen molar-refractivity contribution in [3.05, 3.63) is 59.4 Å². The third-order valence-corrected chi connectivity index (χ3v) is 8.14. The van der Waals surface area contributed by atoms with Crippen LogP contribution in [-0.2, 0) is 10.8 Å². The Labute approximate surface area is 182 Å². The number of fused-ring (bicyclic) bond motifs is 1. The van der Waals surface area contributed by atoms with Gasteiger partial charge in [-0.2, -0.15) is 0 Å². The minimum atomic E-state index is -1.29. The van der Waals surface area contributed by atoms with Gasteiger partial charge < -0.3 is 9.84 Å². The molecule has 3 rings (SSSR count). The Balaban J connectivity index is 2.18. The zero-order chi connectivity index (χ0) is 21.7. The highest BCUT2D eigenvalue weighted by Gasteiger charge is 2.47. The van der Waals surface area contributed by atoms with E-state index in [-0.39, 0.29) is 5.82 Å². The van der Waals surface area contributed by atoms with E-state index in [4.69, 9.17) is 4.74 Å². The highest BCUT2D eigenvalue weighted by Crippen LogP contribution is 2.48. The predicted octanol–water partition coefficient (Wildman–Crippen LogP) is 5.82. The van der Waals surface area contributed by atoms with Gasteiger partial charge in [-0.25, -0.2) is 4.39 Å². The molecule has 0 saturated heterocycles. The summed E-state index contributed by atoms with van der Waals surface area (Å²) in [7, 11) is 0.325. The normalized spacial score (nSPS) is 22.9. The standard InChI is InChI=1S/C25H33FO3S/c1-4-6-14-25(15-7-5-2)17-30(28)22-13-10-19(26)16-21(22)23(24(25)27)18-8-11-20(29-3)12-9-18/h8-13,16,23-24,27H,4-7,14-15,17H2,1-3H3/t23-,24-,30?/m1/s1. The fraction of sp³-hybridized carbons (Fsp3) is 0.520. The monoisotopic (exact) mass is 432 g/mol. The highest BCUT2D eigenvalue weighted by atomic mass is 32.2. The second-order valence-electron chi connectivity index (χ2n) is 8.44. The minimum absolute atomic E-state index is 0.369. The molecule has 2 aromatic rings. The Morgan fingerprint density at radius 3 is 2.30 bits per heavy atom. The Kier molecular flexibility index (Phi) is 7.70. The van der Waals surface area contributed by atoms with Gasteiger partial charge in [-0.1, -0.05) is 51.7 Å².